The van der Waals surface area contributed by atoms with Gasteiger partial charge in [-0.15, -0.1) is 0 Å². The molecule has 114 valence electrons. The van der Waals surface area contributed by atoms with E-state index in [4.69, 9.17) is 16.3 Å². The van der Waals surface area contributed by atoms with Crippen molar-refractivity contribution < 1.29 is 14.3 Å². The van der Waals surface area contributed by atoms with Crippen LogP contribution in [0.1, 0.15) is 26.7 Å². The maximum Gasteiger partial charge on any atom is 0.228 e. The molecule has 6 heteroatoms. The fourth-order valence-electron chi connectivity index (χ4n) is 2.26. The van der Waals surface area contributed by atoms with Crippen molar-refractivity contribution in [2.75, 3.05) is 18.1 Å². The fraction of sp³-hybridized carbons (Fsp3) is 0.467. The standard InChI is InChI=1S/C15H18ClNO3S/c1-3-6-20-14-5-4-11(16)7-13(14)17-9-12(8-15(17)19)21-10(2)18/h4-5,7,12H,3,6,8-9H2,1-2H3. The highest BCUT2D eigenvalue weighted by Gasteiger charge is 2.33. The van der Waals surface area contributed by atoms with Crippen LogP contribution in [0.4, 0.5) is 5.69 Å². The SMILES string of the molecule is CCCOc1ccc(Cl)cc1N1CC(SC(C)=O)CC1=O. The third-order valence-electron chi connectivity index (χ3n) is 3.10. The van der Waals surface area contributed by atoms with Crippen LogP contribution < -0.4 is 9.64 Å². The summed E-state index contributed by atoms with van der Waals surface area (Å²) in [7, 11) is 0. The molecule has 4 nitrogen and oxygen atoms in total. The highest BCUT2D eigenvalue weighted by Crippen LogP contribution is 2.36. The second-order valence-electron chi connectivity index (χ2n) is 4.90. The van der Waals surface area contributed by atoms with Crippen LogP contribution in [0.25, 0.3) is 0 Å². The molecule has 21 heavy (non-hydrogen) atoms. The van der Waals surface area contributed by atoms with Gasteiger partial charge in [0.1, 0.15) is 5.75 Å². The van der Waals surface area contributed by atoms with Gasteiger partial charge in [0.25, 0.3) is 0 Å². The third-order valence-corrected chi connectivity index (χ3v) is 4.31. The van der Waals surface area contributed by atoms with Crippen LogP contribution in [-0.4, -0.2) is 29.4 Å². The molecule has 0 aromatic heterocycles. The van der Waals surface area contributed by atoms with Crippen LogP contribution in [-0.2, 0) is 9.59 Å². The first-order valence-electron chi connectivity index (χ1n) is 6.91. The number of anilines is 1. The summed E-state index contributed by atoms with van der Waals surface area (Å²) in [5.74, 6) is 0.653. The molecule has 1 fully saturated rings. The van der Waals surface area contributed by atoms with Crippen molar-refractivity contribution in [3.63, 3.8) is 0 Å². The van der Waals surface area contributed by atoms with E-state index in [2.05, 4.69) is 0 Å². The van der Waals surface area contributed by atoms with Crippen molar-refractivity contribution in [3.05, 3.63) is 23.2 Å². The number of nitrogens with zero attached hydrogens (tertiary/aromatic N) is 1. The van der Waals surface area contributed by atoms with E-state index in [0.29, 0.717) is 36.0 Å². The largest absolute Gasteiger partial charge is 0.491 e. The van der Waals surface area contributed by atoms with Crippen molar-refractivity contribution in [3.8, 4) is 5.75 Å². The van der Waals surface area contributed by atoms with Crippen LogP contribution >= 0.6 is 23.4 Å². The Kier molecular flexibility index (Phi) is 5.53. The summed E-state index contributed by atoms with van der Waals surface area (Å²) in [5.41, 5.74) is 0.688. The van der Waals surface area contributed by atoms with Gasteiger partial charge in [0.05, 0.1) is 12.3 Å². The minimum absolute atomic E-state index is 0.00244. The number of benzene rings is 1. The van der Waals surface area contributed by atoms with Gasteiger partial charge < -0.3 is 9.64 Å². The summed E-state index contributed by atoms with van der Waals surface area (Å²) >= 11 is 7.26. The van der Waals surface area contributed by atoms with Gasteiger partial charge >= 0.3 is 0 Å². The Morgan fingerprint density at radius 1 is 1.52 bits per heavy atom. The van der Waals surface area contributed by atoms with E-state index < -0.39 is 0 Å². The number of carbonyl (C=O) groups excluding carboxylic acids is 2. The number of hydrogen-bond acceptors (Lipinski definition) is 4. The molecule has 1 amide bonds. The van der Waals surface area contributed by atoms with E-state index in [9.17, 15) is 9.59 Å². The fourth-order valence-corrected chi connectivity index (χ4v) is 3.34. The van der Waals surface area contributed by atoms with Crippen molar-refractivity contribution in [2.45, 2.75) is 31.9 Å². The first kappa shape index (κ1) is 16.2. The van der Waals surface area contributed by atoms with Gasteiger partial charge in [-0.2, -0.15) is 0 Å². The molecule has 1 heterocycles. The molecule has 0 bridgehead atoms. The maximum absolute atomic E-state index is 12.2. The van der Waals surface area contributed by atoms with Crippen molar-refractivity contribution >= 4 is 40.1 Å². The van der Waals surface area contributed by atoms with Crippen LogP contribution in [0.2, 0.25) is 5.02 Å². The molecule has 1 unspecified atom stereocenters. The average Bonchev–Trinajstić information content (AvgIpc) is 2.77. The van der Waals surface area contributed by atoms with Gasteiger partial charge in [0.15, 0.2) is 5.12 Å². The Labute approximate surface area is 133 Å². The molecule has 1 aliphatic rings. The van der Waals surface area contributed by atoms with Gasteiger partial charge in [-0.05, 0) is 24.6 Å². The molecule has 1 aromatic rings. The zero-order valence-corrected chi connectivity index (χ0v) is 13.7. The number of rotatable bonds is 5. The molecular formula is C15H18ClNO3S. The minimum Gasteiger partial charge on any atom is -0.491 e. The highest BCUT2D eigenvalue weighted by atomic mass is 35.5. The molecule has 0 aliphatic carbocycles. The predicted octanol–water partition coefficient (Wildman–Crippen LogP) is 3.51. The zero-order chi connectivity index (χ0) is 15.4. The van der Waals surface area contributed by atoms with Gasteiger partial charge in [0.2, 0.25) is 5.91 Å². The lowest BCUT2D eigenvalue weighted by atomic mass is 10.2. The van der Waals surface area contributed by atoms with Crippen molar-refractivity contribution in [1.29, 1.82) is 0 Å². The summed E-state index contributed by atoms with van der Waals surface area (Å²) in [6, 6.07) is 5.27. The molecule has 1 aliphatic heterocycles. The molecular weight excluding hydrogens is 310 g/mol. The number of halogens is 1. The Balaban J connectivity index is 2.22. The van der Waals surface area contributed by atoms with E-state index in [1.807, 2.05) is 6.92 Å². The summed E-state index contributed by atoms with van der Waals surface area (Å²) < 4.78 is 5.69. The quantitative estimate of drug-likeness (QED) is 0.830. The van der Waals surface area contributed by atoms with Crippen molar-refractivity contribution in [2.24, 2.45) is 0 Å². The minimum atomic E-state index is -0.00648. The van der Waals surface area contributed by atoms with Gasteiger partial charge in [-0.25, -0.2) is 0 Å². The smallest absolute Gasteiger partial charge is 0.228 e. The van der Waals surface area contributed by atoms with Gasteiger partial charge in [-0.3, -0.25) is 9.59 Å². The molecule has 0 saturated carbocycles. The first-order chi connectivity index (χ1) is 10.0. The first-order valence-corrected chi connectivity index (χ1v) is 8.17. The summed E-state index contributed by atoms with van der Waals surface area (Å²) in [6.45, 7) is 4.64. The molecule has 1 aromatic carbocycles. The zero-order valence-electron chi connectivity index (χ0n) is 12.1. The lowest BCUT2D eigenvalue weighted by Crippen LogP contribution is -2.25. The lowest BCUT2D eigenvalue weighted by molar-refractivity contribution is -0.117. The molecule has 0 spiro atoms. The molecule has 0 N–H and O–H groups in total. The summed E-state index contributed by atoms with van der Waals surface area (Å²) in [6.07, 6.45) is 1.25. The van der Waals surface area contributed by atoms with Crippen LogP contribution in [0, 0.1) is 0 Å². The lowest BCUT2D eigenvalue weighted by Gasteiger charge is -2.20. The maximum atomic E-state index is 12.2. The Morgan fingerprint density at radius 3 is 2.95 bits per heavy atom. The van der Waals surface area contributed by atoms with E-state index in [0.717, 1.165) is 6.42 Å². The number of amides is 1. The third kappa shape index (κ3) is 4.14. The van der Waals surface area contributed by atoms with Crippen LogP contribution in [0.3, 0.4) is 0 Å². The Morgan fingerprint density at radius 2 is 2.29 bits per heavy atom. The van der Waals surface area contributed by atoms with E-state index in [-0.39, 0.29) is 16.3 Å². The van der Waals surface area contributed by atoms with E-state index in [1.54, 1.807) is 23.1 Å². The highest BCUT2D eigenvalue weighted by molar-refractivity contribution is 8.14. The second kappa shape index (κ2) is 7.18. The van der Waals surface area contributed by atoms with Crippen LogP contribution in [0.15, 0.2) is 18.2 Å². The van der Waals surface area contributed by atoms with Gasteiger partial charge in [-0.1, -0.05) is 30.3 Å². The summed E-state index contributed by atoms with van der Waals surface area (Å²) in [5, 5.41) is 0.584. The number of hydrogen-bond donors (Lipinski definition) is 0. The second-order valence-corrected chi connectivity index (χ2v) is 6.81. The molecule has 0 radical (unpaired) electrons. The number of thioether (sulfide) groups is 1. The molecule has 1 atom stereocenters. The molecule has 2 rings (SSSR count). The average molecular weight is 328 g/mol. The Hall–Kier alpha value is -1.20. The Bertz CT molecular complexity index is 550. The topological polar surface area (TPSA) is 46.6 Å². The van der Waals surface area contributed by atoms with E-state index in [1.165, 1.54) is 18.7 Å². The number of ether oxygens (including phenoxy) is 1. The molecule has 1 saturated heterocycles. The van der Waals surface area contributed by atoms with E-state index >= 15 is 0 Å². The van der Waals surface area contributed by atoms with Crippen LogP contribution in [0.5, 0.6) is 5.75 Å². The van der Waals surface area contributed by atoms with Gasteiger partial charge in [0, 0.05) is 30.2 Å². The normalized spacial score (nSPS) is 18.1. The summed E-state index contributed by atoms with van der Waals surface area (Å²) in [4.78, 5) is 25.1. The monoisotopic (exact) mass is 327 g/mol. The number of carbonyl (C=O) groups is 2. The predicted molar refractivity (Wildman–Crippen MR) is 86.3 cm³/mol. The van der Waals surface area contributed by atoms with Crippen molar-refractivity contribution in [1.82, 2.24) is 0 Å².